The molecule has 144 valence electrons. The van der Waals surface area contributed by atoms with Gasteiger partial charge in [0.05, 0.1) is 23.0 Å². The third-order valence-electron chi connectivity index (χ3n) is 5.44. The number of aromatic nitrogens is 3. The predicted molar refractivity (Wildman–Crippen MR) is 111 cm³/mol. The molecule has 4 rings (SSSR count). The van der Waals surface area contributed by atoms with Crippen molar-refractivity contribution in [2.24, 2.45) is 0 Å². The monoisotopic (exact) mass is 374 g/mol. The SMILES string of the molecule is CCn1cc(CN2CCCN(c3c(C#N)cnc4ccc(C)cc34)CC2)cn1. The highest BCUT2D eigenvalue weighted by Crippen LogP contribution is 2.31. The lowest BCUT2D eigenvalue weighted by Crippen LogP contribution is -2.31. The number of nitrogens with zero attached hydrogens (tertiary/aromatic N) is 6. The molecule has 3 heterocycles. The zero-order valence-corrected chi connectivity index (χ0v) is 16.6. The average Bonchev–Trinajstić information content (AvgIpc) is 3.04. The Hall–Kier alpha value is -2.91. The molecule has 6 heteroatoms. The number of aryl methyl sites for hydroxylation is 2. The molecule has 3 aromatic rings. The molecular weight excluding hydrogens is 348 g/mol. The van der Waals surface area contributed by atoms with Crippen LogP contribution in [0.5, 0.6) is 0 Å². The van der Waals surface area contributed by atoms with E-state index in [2.05, 4.69) is 58.1 Å². The van der Waals surface area contributed by atoms with Crippen molar-refractivity contribution in [3.8, 4) is 6.07 Å². The maximum Gasteiger partial charge on any atom is 0.103 e. The van der Waals surface area contributed by atoms with Gasteiger partial charge in [-0.15, -0.1) is 0 Å². The second-order valence-electron chi connectivity index (χ2n) is 7.47. The van der Waals surface area contributed by atoms with Crippen LogP contribution in [0.25, 0.3) is 10.9 Å². The summed E-state index contributed by atoms with van der Waals surface area (Å²) >= 11 is 0. The Morgan fingerprint density at radius 3 is 2.82 bits per heavy atom. The van der Waals surface area contributed by atoms with Gasteiger partial charge in [0.25, 0.3) is 0 Å². The lowest BCUT2D eigenvalue weighted by molar-refractivity contribution is 0.285. The quantitative estimate of drug-likeness (QED) is 0.701. The van der Waals surface area contributed by atoms with Gasteiger partial charge in [0, 0.05) is 62.6 Å². The van der Waals surface area contributed by atoms with Crippen molar-refractivity contribution in [1.29, 1.82) is 5.26 Å². The van der Waals surface area contributed by atoms with Crippen molar-refractivity contribution in [3.63, 3.8) is 0 Å². The molecule has 0 amide bonds. The minimum absolute atomic E-state index is 0.663. The third-order valence-corrected chi connectivity index (χ3v) is 5.44. The van der Waals surface area contributed by atoms with Gasteiger partial charge in [-0.1, -0.05) is 11.6 Å². The first-order valence-corrected chi connectivity index (χ1v) is 9.96. The van der Waals surface area contributed by atoms with Crippen molar-refractivity contribution < 1.29 is 0 Å². The molecule has 0 atom stereocenters. The molecule has 0 saturated carbocycles. The molecule has 1 aliphatic heterocycles. The summed E-state index contributed by atoms with van der Waals surface area (Å²) < 4.78 is 1.98. The molecule has 1 saturated heterocycles. The highest BCUT2D eigenvalue weighted by molar-refractivity contribution is 5.95. The Morgan fingerprint density at radius 1 is 1.14 bits per heavy atom. The zero-order valence-electron chi connectivity index (χ0n) is 16.6. The number of benzene rings is 1. The largest absolute Gasteiger partial charge is 0.369 e. The normalized spacial score (nSPS) is 15.5. The molecule has 2 aromatic heterocycles. The van der Waals surface area contributed by atoms with Gasteiger partial charge in [-0.25, -0.2) is 0 Å². The predicted octanol–water partition coefficient (Wildman–Crippen LogP) is 3.34. The molecule has 6 nitrogen and oxygen atoms in total. The highest BCUT2D eigenvalue weighted by Gasteiger charge is 2.20. The van der Waals surface area contributed by atoms with E-state index in [1.165, 1.54) is 11.1 Å². The number of nitriles is 1. The Kier molecular flexibility index (Phi) is 5.27. The molecule has 0 unspecified atom stereocenters. The first-order valence-electron chi connectivity index (χ1n) is 9.96. The molecule has 28 heavy (non-hydrogen) atoms. The second-order valence-corrected chi connectivity index (χ2v) is 7.47. The van der Waals surface area contributed by atoms with Crippen molar-refractivity contribution in [2.75, 3.05) is 31.1 Å². The minimum atomic E-state index is 0.663. The zero-order chi connectivity index (χ0) is 19.5. The first kappa shape index (κ1) is 18.5. The Morgan fingerprint density at radius 2 is 2.04 bits per heavy atom. The van der Waals surface area contributed by atoms with E-state index in [1.54, 1.807) is 6.20 Å². The van der Waals surface area contributed by atoms with Gasteiger partial charge in [-0.2, -0.15) is 10.4 Å². The number of pyridine rings is 1. The van der Waals surface area contributed by atoms with E-state index in [9.17, 15) is 5.26 Å². The van der Waals surface area contributed by atoms with Gasteiger partial charge in [0.2, 0.25) is 0 Å². The molecule has 0 bridgehead atoms. The van der Waals surface area contributed by atoms with E-state index in [0.29, 0.717) is 5.56 Å². The van der Waals surface area contributed by atoms with E-state index in [-0.39, 0.29) is 0 Å². The summed E-state index contributed by atoms with van der Waals surface area (Å²) in [6.07, 6.45) is 6.89. The summed E-state index contributed by atoms with van der Waals surface area (Å²) in [6, 6.07) is 8.63. The number of hydrogen-bond donors (Lipinski definition) is 0. The van der Waals surface area contributed by atoms with Gasteiger partial charge in [0.1, 0.15) is 6.07 Å². The molecular formula is C22H26N6. The summed E-state index contributed by atoms with van der Waals surface area (Å²) in [7, 11) is 0. The van der Waals surface area contributed by atoms with Crippen LogP contribution in [0.1, 0.15) is 30.0 Å². The van der Waals surface area contributed by atoms with Crippen LogP contribution in [0.2, 0.25) is 0 Å². The number of fused-ring (bicyclic) bond motifs is 1. The first-order chi connectivity index (χ1) is 13.7. The molecule has 1 aromatic carbocycles. The maximum absolute atomic E-state index is 9.68. The van der Waals surface area contributed by atoms with Gasteiger partial charge >= 0.3 is 0 Å². The van der Waals surface area contributed by atoms with Crippen LogP contribution >= 0.6 is 0 Å². The Balaban J connectivity index is 1.57. The van der Waals surface area contributed by atoms with Gasteiger partial charge in [-0.05, 0) is 32.4 Å². The average molecular weight is 374 g/mol. The Bertz CT molecular complexity index is 1020. The topological polar surface area (TPSA) is 61.0 Å². The summed E-state index contributed by atoms with van der Waals surface area (Å²) in [6.45, 7) is 9.90. The number of anilines is 1. The number of hydrogen-bond acceptors (Lipinski definition) is 5. The third kappa shape index (κ3) is 3.71. The van der Waals surface area contributed by atoms with Crippen molar-refractivity contribution in [1.82, 2.24) is 19.7 Å². The summed E-state index contributed by atoms with van der Waals surface area (Å²) in [5.41, 5.74) is 5.10. The minimum Gasteiger partial charge on any atom is -0.369 e. The van der Waals surface area contributed by atoms with Crippen LogP contribution in [0.3, 0.4) is 0 Å². The maximum atomic E-state index is 9.68. The number of rotatable bonds is 4. The molecule has 1 fully saturated rings. The smallest absolute Gasteiger partial charge is 0.103 e. The second kappa shape index (κ2) is 7.99. The van der Waals surface area contributed by atoms with E-state index in [1.807, 2.05) is 16.9 Å². The van der Waals surface area contributed by atoms with Crippen molar-refractivity contribution in [2.45, 2.75) is 33.4 Å². The lowest BCUT2D eigenvalue weighted by Gasteiger charge is -2.26. The van der Waals surface area contributed by atoms with Gasteiger partial charge in [-0.3, -0.25) is 14.6 Å². The van der Waals surface area contributed by atoms with Crippen LogP contribution in [0.4, 0.5) is 5.69 Å². The lowest BCUT2D eigenvalue weighted by atomic mass is 10.1. The van der Waals surface area contributed by atoms with E-state index in [4.69, 9.17) is 0 Å². The fraction of sp³-hybridized carbons (Fsp3) is 0.409. The summed E-state index contributed by atoms with van der Waals surface area (Å²) in [5.74, 6) is 0. The molecule has 0 aliphatic carbocycles. The molecule has 0 radical (unpaired) electrons. The van der Waals surface area contributed by atoms with E-state index >= 15 is 0 Å². The molecule has 0 N–H and O–H groups in total. The van der Waals surface area contributed by atoms with Gasteiger partial charge in [0.15, 0.2) is 0 Å². The summed E-state index contributed by atoms with van der Waals surface area (Å²) in [4.78, 5) is 9.34. The Labute approximate surface area is 166 Å². The summed E-state index contributed by atoms with van der Waals surface area (Å²) in [5, 5.41) is 15.2. The highest BCUT2D eigenvalue weighted by atomic mass is 15.3. The van der Waals surface area contributed by atoms with Crippen LogP contribution in [-0.4, -0.2) is 45.8 Å². The van der Waals surface area contributed by atoms with Crippen LogP contribution in [0.15, 0.2) is 36.8 Å². The van der Waals surface area contributed by atoms with Crippen LogP contribution in [0, 0.1) is 18.3 Å². The fourth-order valence-corrected chi connectivity index (χ4v) is 3.99. The van der Waals surface area contributed by atoms with Crippen LogP contribution < -0.4 is 4.90 Å². The van der Waals surface area contributed by atoms with E-state index < -0.39 is 0 Å². The van der Waals surface area contributed by atoms with E-state index in [0.717, 1.165) is 62.3 Å². The molecule has 0 spiro atoms. The standard InChI is InChI=1S/C22H26N6/c1-3-28-16-18(13-25-28)15-26-7-4-8-27(10-9-26)22-19(12-23)14-24-21-6-5-17(2)11-20(21)22/h5-6,11,13-14,16H,3-4,7-10,15H2,1-2H3. The van der Waals surface area contributed by atoms with Gasteiger partial charge < -0.3 is 4.90 Å². The van der Waals surface area contributed by atoms with Crippen molar-refractivity contribution in [3.05, 3.63) is 53.5 Å². The van der Waals surface area contributed by atoms with Crippen molar-refractivity contribution >= 4 is 16.6 Å². The fourth-order valence-electron chi connectivity index (χ4n) is 3.99. The van der Waals surface area contributed by atoms with Crippen LogP contribution in [-0.2, 0) is 13.1 Å². The molecule has 1 aliphatic rings.